The van der Waals surface area contributed by atoms with Crippen molar-refractivity contribution in [3.63, 3.8) is 0 Å². The molecule has 33 heavy (non-hydrogen) atoms. The summed E-state index contributed by atoms with van der Waals surface area (Å²) in [5, 5.41) is 33.1. The van der Waals surface area contributed by atoms with Crippen LogP contribution in [-0.4, -0.2) is 76.6 Å². The number of carboxylic acids is 2. The molecule has 12 nitrogen and oxygen atoms in total. The highest BCUT2D eigenvalue weighted by Gasteiger charge is 2.31. The number of fused-ring (bicyclic) bond motifs is 1. The summed E-state index contributed by atoms with van der Waals surface area (Å²) in [4.78, 5) is 59.8. The van der Waals surface area contributed by atoms with E-state index in [-0.39, 0.29) is 34.1 Å². The van der Waals surface area contributed by atoms with Gasteiger partial charge in [-0.3, -0.25) is 14.4 Å². The van der Waals surface area contributed by atoms with Gasteiger partial charge in [-0.15, -0.1) is 0 Å². The number of carboxylic acid groups (broad SMARTS) is 2. The van der Waals surface area contributed by atoms with Crippen LogP contribution in [0.3, 0.4) is 0 Å². The summed E-state index contributed by atoms with van der Waals surface area (Å²) >= 11 is 1.06. The SMILES string of the molecule is COc1cc(O)c2c(c1C)C(=O)OC[C@H](NC(=O)CCC(=O)O)C(=O)N[C@H](C(=O)O)CSC2. The van der Waals surface area contributed by atoms with Gasteiger partial charge in [-0.1, -0.05) is 0 Å². The number of benzene rings is 1. The fourth-order valence-corrected chi connectivity index (χ4v) is 4.13. The van der Waals surface area contributed by atoms with Crippen LogP contribution in [0.1, 0.15) is 34.3 Å². The summed E-state index contributed by atoms with van der Waals surface area (Å²) in [6.45, 7) is 0.923. The highest BCUT2D eigenvalue weighted by molar-refractivity contribution is 7.98. The molecule has 0 bridgehead atoms. The summed E-state index contributed by atoms with van der Waals surface area (Å²) in [6.07, 6.45) is -0.918. The van der Waals surface area contributed by atoms with E-state index in [1.54, 1.807) is 6.92 Å². The molecule has 180 valence electrons. The van der Waals surface area contributed by atoms with Gasteiger partial charge in [0.15, 0.2) is 0 Å². The van der Waals surface area contributed by atoms with E-state index in [0.717, 1.165) is 11.8 Å². The second kappa shape index (κ2) is 11.4. The number of carbonyl (C=O) groups is 5. The Morgan fingerprint density at radius 3 is 2.58 bits per heavy atom. The van der Waals surface area contributed by atoms with Crippen LogP contribution < -0.4 is 15.4 Å². The number of rotatable bonds is 6. The van der Waals surface area contributed by atoms with Gasteiger partial charge >= 0.3 is 17.9 Å². The number of hydrogen-bond acceptors (Lipinski definition) is 9. The van der Waals surface area contributed by atoms with Gasteiger partial charge in [0.25, 0.3) is 0 Å². The molecule has 0 radical (unpaired) electrons. The molecular formula is C20H24N2O10S. The zero-order chi connectivity index (χ0) is 24.7. The van der Waals surface area contributed by atoms with Crippen LogP contribution in [0.5, 0.6) is 11.5 Å². The number of ether oxygens (including phenoxy) is 2. The molecule has 0 aromatic heterocycles. The molecule has 13 heteroatoms. The third kappa shape index (κ3) is 6.75. The number of aromatic hydroxyl groups is 1. The lowest BCUT2D eigenvalue weighted by Crippen LogP contribution is -2.54. The Balaban J connectivity index is 2.40. The zero-order valence-electron chi connectivity index (χ0n) is 17.9. The fourth-order valence-electron chi connectivity index (χ4n) is 3.06. The third-order valence-electron chi connectivity index (χ3n) is 4.79. The lowest BCUT2D eigenvalue weighted by Gasteiger charge is -2.23. The molecule has 0 saturated carbocycles. The first-order valence-electron chi connectivity index (χ1n) is 9.73. The van der Waals surface area contributed by atoms with Crippen molar-refractivity contribution in [2.45, 2.75) is 37.6 Å². The summed E-state index contributed by atoms with van der Waals surface area (Å²) in [6, 6.07) is -1.47. The molecule has 1 heterocycles. The molecule has 1 aromatic rings. The first-order chi connectivity index (χ1) is 15.5. The van der Waals surface area contributed by atoms with Crippen molar-refractivity contribution in [3.8, 4) is 11.5 Å². The highest BCUT2D eigenvalue weighted by Crippen LogP contribution is 2.35. The van der Waals surface area contributed by atoms with E-state index in [4.69, 9.17) is 14.6 Å². The van der Waals surface area contributed by atoms with Crippen LogP contribution in [0.2, 0.25) is 0 Å². The fraction of sp³-hybridized carbons (Fsp3) is 0.450. The number of thioether (sulfide) groups is 1. The molecule has 2 atom stereocenters. The van der Waals surface area contributed by atoms with E-state index in [0.29, 0.717) is 5.56 Å². The topological polar surface area (TPSA) is 189 Å². The predicted molar refractivity (Wildman–Crippen MR) is 114 cm³/mol. The molecule has 1 aromatic carbocycles. The highest BCUT2D eigenvalue weighted by atomic mass is 32.2. The van der Waals surface area contributed by atoms with E-state index in [1.165, 1.54) is 13.2 Å². The zero-order valence-corrected chi connectivity index (χ0v) is 18.7. The normalized spacial score (nSPS) is 19.1. The van der Waals surface area contributed by atoms with E-state index >= 15 is 0 Å². The van der Waals surface area contributed by atoms with Gasteiger partial charge in [0.1, 0.15) is 30.2 Å². The number of phenols is 1. The largest absolute Gasteiger partial charge is 0.507 e. The Morgan fingerprint density at radius 2 is 1.97 bits per heavy atom. The predicted octanol–water partition coefficient (Wildman–Crippen LogP) is 0.0318. The van der Waals surface area contributed by atoms with Crippen LogP contribution in [0.15, 0.2) is 6.07 Å². The van der Waals surface area contributed by atoms with Gasteiger partial charge in [-0.2, -0.15) is 11.8 Å². The molecule has 2 amide bonds. The van der Waals surface area contributed by atoms with Crippen molar-refractivity contribution in [2.24, 2.45) is 0 Å². The second-order valence-corrected chi connectivity index (χ2v) is 8.13. The van der Waals surface area contributed by atoms with E-state index < -0.39 is 61.3 Å². The maximum absolute atomic E-state index is 12.9. The maximum Gasteiger partial charge on any atom is 0.339 e. The summed E-state index contributed by atoms with van der Waals surface area (Å²) < 4.78 is 10.4. The lowest BCUT2D eigenvalue weighted by atomic mass is 10.0. The Morgan fingerprint density at radius 1 is 1.27 bits per heavy atom. The Hall–Kier alpha value is -3.48. The molecule has 5 N–H and O–H groups in total. The van der Waals surface area contributed by atoms with Gasteiger partial charge in [0, 0.05) is 35.1 Å². The Labute approximate surface area is 192 Å². The monoisotopic (exact) mass is 484 g/mol. The standard InChI is InChI=1S/C20H24N2O10S/c1-9-14(31-2)5-13(23)10-7-33-8-12(19(28)29)22-18(27)11(6-32-20(30)17(9)10)21-15(24)3-4-16(25)26/h5,11-12,23H,3-4,6-8H2,1-2H3,(H,21,24)(H,22,27)(H,25,26)(H,28,29)/t11-,12-/m0/s1. The number of nitrogens with one attached hydrogen (secondary N) is 2. The minimum absolute atomic E-state index is 0.00293. The molecule has 0 spiro atoms. The van der Waals surface area contributed by atoms with Crippen LogP contribution >= 0.6 is 11.8 Å². The van der Waals surface area contributed by atoms with Gasteiger partial charge in [0.2, 0.25) is 11.8 Å². The molecule has 1 aliphatic heterocycles. The smallest absolute Gasteiger partial charge is 0.339 e. The van der Waals surface area contributed by atoms with E-state index in [2.05, 4.69) is 10.6 Å². The summed E-state index contributed by atoms with van der Waals surface area (Å²) in [7, 11) is 1.36. The first kappa shape index (κ1) is 25.8. The van der Waals surface area contributed by atoms with Crippen molar-refractivity contribution in [1.29, 1.82) is 0 Å². The summed E-state index contributed by atoms with van der Waals surface area (Å²) in [5.74, 6) is -5.20. The van der Waals surface area contributed by atoms with Crippen LogP contribution in [0, 0.1) is 6.92 Å². The van der Waals surface area contributed by atoms with Gasteiger partial charge in [0.05, 0.1) is 19.1 Å². The average molecular weight is 484 g/mol. The Bertz CT molecular complexity index is 965. The van der Waals surface area contributed by atoms with Crippen LogP contribution in [-0.2, 0) is 29.7 Å². The minimum atomic E-state index is -1.47. The second-order valence-electron chi connectivity index (χ2n) is 7.10. The van der Waals surface area contributed by atoms with Gasteiger partial charge < -0.3 is 35.4 Å². The van der Waals surface area contributed by atoms with Crippen molar-refractivity contribution >= 4 is 41.5 Å². The van der Waals surface area contributed by atoms with Crippen molar-refractivity contribution < 1.29 is 48.8 Å². The minimum Gasteiger partial charge on any atom is -0.507 e. The van der Waals surface area contributed by atoms with Gasteiger partial charge in [-0.25, -0.2) is 9.59 Å². The van der Waals surface area contributed by atoms with E-state index in [1.807, 2.05) is 0 Å². The van der Waals surface area contributed by atoms with Crippen molar-refractivity contribution in [1.82, 2.24) is 10.6 Å². The van der Waals surface area contributed by atoms with Crippen molar-refractivity contribution in [3.05, 3.63) is 22.8 Å². The number of amides is 2. The molecule has 0 saturated heterocycles. The molecular weight excluding hydrogens is 460 g/mol. The number of phenolic OH excluding ortho intramolecular Hbond substituents is 1. The van der Waals surface area contributed by atoms with Gasteiger partial charge in [-0.05, 0) is 6.92 Å². The number of methoxy groups -OCH3 is 1. The first-order valence-corrected chi connectivity index (χ1v) is 10.9. The molecule has 0 aliphatic carbocycles. The molecule has 1 aliphatic rings. The number of hydrogen-bond donors (Lipinski definition) is 5. The van der Waals surface area contributed by atoms with Crippen LogP contribution in [0.25, 0.3) is 0 Å². The number of cyclic esters (lactones) is 1. The lowest BCUT2D eigenvalue weighted by molar-refractivity contribution is -0.142. The third-order valence-corrected chi connectivity index (χ3v) is 5.85. The number of esters is 1. The van der Waals surface area contributed by atoms with E-state index in [9.17, 15) is 34.2 Å². The van der Waals surface area contributed by atoms with Crippen molar-refractivity contribution in [2.75, 3.05) is 19.5 Å². The molecule has 2 rings (SSSR count). The van der Waals surface area contributed by atoms with Crippen LogP contribution in [0.4, 0.5) is 0 Å². The average Bonchev–Trinajstić information content (AvgIpc) is 2.75. The quantitative estimate of drug-likeness (QED) is 0.343. The molecule has 0 fully saturated rings. The molecule has 0 unspecified atom stereocenters. The summed E-state index contributed by atoms with van der Waals surface area (Å²) in [5.41, 5.74) is 0.582. The Kier molecular flexibility index (Phi) is 8.91. The number of carbonyl (C=O) groups excluding carboxylic acids is 3. The maximum atomic E-state index is 12.9. The number of aliphatic carboxylic acids is 2.